The van der Waals surface area contributed by atoms with Crippen molar-refractivity contribution in [3.05, 3.63) is 0 Å². The Kier molecular flexibility index (Phi) is 2.61. The molecule has 0 aromatic rings. The molecule has 0 aliphatic rings. The minimum atomic E-state index is -0.168. The van der Waals surface area contributed by atoms with Gasteiger partial charge in [0.1, 0.15) is 0 Å². The van der Waals surface area contributed by atoms with Gasteiger partial charge in [0, 0.05) is 14.1 Å². The van der Waals surface area contributed by atoms with Gasteiger partial charge in [0.25, 0.3) is 0 Å². The standard InChI is InChI=1S/C4H10N4/c1-8(2)3-7-4(5)6/h3H,1-2H3,(H3,5,6)/b7-3+. The number of guanidine groups is 1. The van der Waals surface area contributed by atoms with Crippen molar-refractivity contribution < 1.29 is 0 Å². The third-order valence-corrected chi connectivity index (χ3v) is 0.428. The van der Waals surface area contributed by atoms with E-state index in [-0.39, 0.29) is 5.96 Å². The lowest BCUT2D eigenvalue weighted by atomic mass is 10.9. The highest BCUT2D eigenvalue weighted by atomic mass is 15.1. The van der Waals surface area contributed by atoms with E-state index in [9.17, 15) is 0 Å². The molecule has 0 heterocycles. The van der Waals surface area contributed by atoms with E-state index in [0.717, 1.165) is 0 Å². The number of aliphatic imine (C=N–C) groups is 1. The van der Waals surface area contributed by atoms with Crippen molar-refractivity contribution in [1.29, 1.82) is 5.41 Å². The zero-order chi connectivity index (χ0) is 6.57. The maximum Gasteiger partial charge on any atom is 0.213 e. The van der Waals surface area contributed by atoms with Crippen LogP contribution >= 0.6 is 0 Å². The van der Waals surface area contributed by atoms with Gasteiger partial charge in [0.15, 0.2) is 0 Å². The molecular formula is C4H10N4. The quantitative estimate of drug-likeness (QED) is 0.355. The molecule has 0 bridgehead atoms. The molecule has 0 atom stereocenters. The molecule has 0 amide bonds. The van der Waals surface area contributed by atoms with E-state index in [1.807, 2.05) is 14.1 Å². The van der Waals surface area contributed by atoms with Crippen LogP contribution in [-0.4, -0.2) is 31.3 Å². The highest BCUT2D eigenvalue weighted by molar-refractivity contribution is 5.83. The van der Waals surface area contributed by atoms with E-state index in [1.165, 1.54) is 6.34 Å². The molecule has 0 aromatic heterocycles. The van der Waals surface area contributed by atoms with Crippen molar-refractivity contribution in [1.82, 2.24) is 4.90 Å². The minimum absolute atomic E-state index is 0.168. The Morgan fingerprint density at radius 1 is 1.75 bits per heavy atom. The lowest BCUT2D eigenvalue weighted by Gasteiger charge is -1.99. The molecule has 46 valence electrons. The molecule has 4 nitrogen and oxygen atoms in total. The van der Waals surface area contributed by atoms with Gasteiger partial charge in [-0.2, -0.15) is 0 Å². The number of nitrogens with zero attached hydrogens (tertiary/aromatic N) is 2. The highest BCUT2D eigenvalue weighted by Crippen LogP contribution is 1.65. The second-order valence-electron chi connectivity index (χ2n) is 1.59. The largest absolute Gasteiger partial charge is 0.369 e. The average Bonchev–Trinajstić information content (AvgIpc) is 1.61. The van der Waals surface area contributed by atoms with Crippen LogP contribution in [0.3, 0.4) is 0 Å². The van der Waals surface area contributed by atoms with E-state index < -0.39 is 0 Å². The highest BCUT2D eigenvalue weighted by Gasteiger charge is 1.77. The average molecular weight is 114 g/mol. The normalized spacial score (nSPS) is 9.75. The SMILES string of the molecule is CN(C)/C=N/C(=N)N. The fourth-order valence-corrected chi connectivity index (χ4v) is 0.178. The van der Waals surface area contributed by atoms with Crippen LogP contribution in [-0.2, 0) is 0 Å². The first-order chi connectivity index (χ1) is 3.63. The fraction of sp³-hybridized carbons (Fsp3) is 0.500. The number of hydrogen-bond acceptors (Lipinski definition) is 1. The predicted octanol–water partition coefficient (Wildman–Crippen LogP) is -0.530. The Hall–Kier alpha value is -1.06. The molecule has 4 heteroatoms. The van der Waals surface area contributed by atoms with Crippen molar-refractivity contribution in [2.45, 2.75) is 0 Å². The first-order valence-electron chi connectivity index (χ1n) is 2.17. The lowest BCUT2D eigenvalue weighted by molar-refractivity contribution is 0.643. The van der Waals surface area contributed by atoms with E-state index >= 15 is 0 Å². The summed E-state index contributed by atoms with van der Waals surface area (Å²) in [5.74, 6) is -0.168. The zero-order valence-corrected chi connectivity index (χ0v) is 5.05. The minimum Gasteiger partial charge on any atom is -0.369 e. The van der Waals surface area contributed by atoms with Crippen LogP contribution in [0.25, 0.3) is 0 Å². The number of nitrogens with two attached hydrogens (primary N) is 1. The number of hydrogen-bond donors (Lipinski definition) is 2. The Morgan fingerprint density at radius 3 is 2.38 bits per heavy atom. The molecule has 0 saturated carbocycles. The Bertz CT molecular complexity index is 105. The van der Waals surface area contributed by atoms with Crippen LogP contribution in [0.4, 0.5) is 0 Å². The summed E-state index contributed by atoms with van der Waals surface area (Å²) in [6.45, 7) is 0. The predicted molar refractivity (Wildman–Crippen MR) is 34.1 cm³/mol. The summed E-state index contributed by atoms with van der Waals surface area (Å²) in [5, 5.41) is 6.64. The molecule has 0 radical (unpaired) electrons. The van der Waals surface area contributed by atoms with Gasteiger partial charge in [-0.25, -0.2) is 4.99 Å². The molecule has 0 aliphatic carbocycles. The second-order valence-corrected chi connectivity index (χ2v) is 1.59. The number of nitrogens with one attached hydrogen (secondary N) is 1. The van der Waals surface area contributed by atoms with Crippen molar-refractivity contribution >= 4 is 12.3 Å². The smallest absolute Gasteiger partial charge is 0.213 e. The number of rotatable bonds is 1. The maximum atomic E-state index is 6.64. The molecule has 0 fully saturated rings. The summed E-state index contributed by atoms with van der Waals surface area (Å²) in [6.07, 6.45) is 1.47. The third-order valence-electron chi connectivity index (χ3n) is 0.428. The molecule has 3 N–H and O–H groups in total. The first-order valence-corrected chi connectivity index (χ1v) is 2.17. The van der Waals surface area contributed by atoms with Crippen molar-refractivity contribution in [2.24, 2.45) is 10.7 Å². The van der Waals surface area contributed by atoms with Gasteiger partial charge >= 0.3 is 0 Å². The maximum absolute atomic E-state index is 6.64. The summed E-state index contributed by atoms with van der Waals surface area (Å²) in [5.41, 5.74) is 4.90. The van der Waals surface area contributed by atoms with Crippen LogP contribution in [0.5, 0.6) is 0 Å². The fourth-order valence-electron chi connectivity index (χ4n) is 0.178. The molecule has 0 unspecified atom stereocenters. The Labute approximate surface area is 48.5 Å². The monoisotopic (exact) mass is 114 g/mol. The molecule has 0 aromatic carbocycles. The van der Waals surface area contributed by atoms with Crippen molar-refractivity contribution in [3.63, 3.8) is 0 Å². The van der Waals surface area contributed by atoms with Gasteiger partial charge in [-0.05, 0) is 0 Å². The molecule has 8 heavy (non-hydrogen) atoms. The Balaban J connectivity index is 3.50. The van der Waals surface area contributed by atoms with E-state index in [0.29, 0.717) is 0 Å². The molecule has 0 rings (SSSR count). The van der Waals surface area contributed by atoms with Gasteiger partial charge in [-0.1, -0.05) is 0 Å². The van der Waals surface area contributed by atoms with Gasteiger partial charge in [-0.3, -0.25) is 5.41 Å². The zero-order valence-electron chi connectivity index (χ0n) is 5.05. The summed E-state index contributed by atoms with van der Waals surface area (Å²) in [7, 11) is 3.62. The van der Waals surface area contributed by atoms with Gasteiger partial charge < -0.3 is 10.6 Å². The summed E-state index contributed by atoms with van der Waals surface area (Å²) >= 11 is 0. The van der Waals surface area contributed by atoms with Crippen LogP contribution in [0, 0.1) is 5.41 Å². The summed E-state index contributed by atoms with van der Waals surface area (Å²) in [4.78, 5) is 5.20. The van der Waals surface area contributed by atoms with E-state index in [1.54, 1.807) is 4.90 Å². The van der Waals surface area contributed by atoms with Crippen LogP contribution in [0.2, 0.25) is 0 Å². The summed E-state index contributed by atoms with van der Waals surface area (Å²) in [6, 6.07) is 0. The molecule has 0 spiro atoms. The lowest BCUT2D eigenvalue weighted by Crippen LogP contribution is -2.13. The molecule has 0 saturated heterocycles. The molecule has 0 aliphatic heterocycles. The van der Waals surface area contributed by atoms with Gasteiger partial charge in [0.05, 0.1) is 6.34 Å². The van der Waals surface area contributed by atoms with Crippen LogP contribution in [0.1, 0.15) is 0 Å². The van der Waals surface area contributed by atoms with Crippen molar-refractivity contribution in [2.75, 3.05) is 14.1 Å². The van der Waals surface area contributed by atoms with Crippen molar-refractivity contribution in [3.8, 4) is 0 Å². The van der Waals surface area contributed by atoms with E-state index in [4.69, 9.17) is 11.1 Å². The Morgan fingerprint density at radius 2 is 2.25 bits per heavy atom. The van der Waals surface area contributed by atoms with Crippen LogP contribution in [0.15, 0.2) is 4.99 Å². The van der Waals surface area contributed by atoms with Crippen LogP contribution < -0.4 is 5.73 Å². The topological polar surface area (TPSA) is 65.5 Å². The second kappa shape index (κ2) is 3.01. The van der Waals surface area contributed by atoms with Gasteiger partial charge in [-0.15, -0.1) is 0 Å². The first kappa shape index (κ1) is 6.94. The van der Waals surface area contributed by atoms with E-state index in [2.05, 4.69) is 4.99 Å². The summed E-state index contributed by atoms with van der Waals surface area (Å²) < 4.78 is 0. The molecular weight excluding hydrogens is 104 g/mol. The third kappa shape index (κ3) is 4.94. The van der Waals surface area contributed by atoms with Gasteiger partial charge in [0.2, 0.25) is 5.96 Å².